The van der Waals surface area contributed by atoms with Crippen LogP contribution in [-0.4, -0.2) is 23.2 Å². The predicted molar refractivity (Wildman–Crippen MR) is 110 cm³/mol. The Morgan fingerprint density at radius 2 is 1.18 bits per heavy atom. The largest absolute Gasteiger partial charge is 1.00 e. The summed E-state index contributed by atoms with van der Waals surface area (Å²) >= 11 is 0. The van der Waals surface area contributed by atoms with Crippen LogP contribution in [0.25, 0.3) is 0 Å². The number of phenols is 2. The van der Waals surface area contributed by atoms with E-state index in [9.17, 15) is 18.6 Å². The molecule has 158 valence electrons. The average molecular weight is 425 g/mol. The molecule has 5 nitrogen and oxygen atoms in total. The van der Waals surface area contributed by atoms with Gasteiger partial charge in [-0.15, -0.1) is 0 Å². The molecular formula is C21H37NaO5S. The Hall–Kier alpha value is -0.270. The summed E-state index contributed by atoms with van der Waals surface area (Å²) in [5.41, 5.74) is 0.503. The second-order valence-electron chi connectivity index (χ2n) is 7.42. The molecular weight excluding hydrogens is 387 g/mol. The van der Waals surface area contributed by atoms with Gasteiger partial charge in [-0.2, -0.15) is 8.42 Å². The minimum Gasteiger partial charge on any atom is -1.00 e. The van der Waals surface area contributed by atoms with Gasteiger partial charge in [0.25, 0.3) is 10.1 Å². The van der Waals surface area contributed by atoms with Crippen molar-refractivity contribution in [2.24, 2.45) is 0 Å². The summed E-state index contributed by atoms with van der Waals surface area (Å²) in [6, 6.07) is 2.13. The minimum atomic E-state index is -4.53. The molecule has 0 radical (unpaired) electrons. The van der Waals surface area contributed by atoms with Gasteiger partial charge in [-0.3, -0.25) is 4.55 Å². The van der Waals surface area contributed by atoms with Crippen molar-refractivity contribution in [1.29, 1.82) is 0 Å². The molecule has 1 aromatic carbocycles. The van der Waals surface area contributed by atoms with E-state index in [1.54, 1.807) is 0 Å². The van der Waals surface area contributed by atoms with Crippen LogP contribution in [0, 0.1) is 0 Å². The fourth-order valence-electron chi connectivity index (χ4n) is 3.34. The smallest absolute Gasteiger partial charge is 1.00 e. The third kappa shape index (κ3) is 11.7. The third-order valence-electron chi connectivity index (χ3n) is 4.99. The molecule has 28 heavy (non-hydrogen) atoms. The maximum Gasteiger partial charge on any atom is 1.00 e. The topological polar surface area (TPSA) is 94.8 Å². The van der Waals surface area contributed by atoms with Crippen molar-refractivity contribution >= 4 is 10.1 Å². The molecule has 0 aliphatic carbocycles. The van der Waals surface area contributed by atoms with E-state index in [1.807, 2.05) is 0 Å². The molecule has 0 heterocycles. The Balaban J connectivity index is 0. The van der Waals surface area contributed by atoms with E-state index in [0.29, 0.717) is 12.0 Å². The quantitative estimate of drug-likeness (QED) is 0.174. The zero-order valence-corrected chi connectivity index (χ0v) is 20.4. The predicted octanol–water partition coefficient (Wildman–Crippen LogP) is 3.09. The number of aromatic hydroxyl groups is 2. The first kappa shape index (κ1) is 27.7. The number of rotatable bonds is 15. The van der Waals surface area contributed by atoms with E-state index in [-0.39, 0.29) is 36.7 Å². The van der Waals surface area contributed by atoms with E-state index >= 15 is 0 Å². The molecule has 0 aliphatic heterocycles. The second kappa shape index (κ2) is 15.6. The van der Waals surface area contributed by atoms with Gasteiger partial charge in [0.2, 0.25) is 0 Å². The molecule has 0 spiro atoms. The van der Waals surface area contributed by atoms with Crippen LogP contribution in [0.5, 0.6) is 11.5 Å². The van der Waals surface area contributed by atoms with E-state index < -0.39 is 20.8 Å². The van der Waals surface area contributed by atoms with E-state index in [1.165, 1.54) is 70.3 Å². The van der Waals surface area contributed by atoms with E-state index in [0.717, 1.165) is 25.3 Å². The summed E-state index contributed by atoms with van der Waals surface area (Å²) in [4.78, 5) is -0.658. The molecule has 3 N–H and O–H groups in total. The zero-order valence-electron chi connectivity index (χ0n) is 18.6. The molecule has 1 rings (SSSR count). The van der Waals surface area contributed by atoms with Gasteiger partial charge in [0.05, 0.1) is 0 Å². The number of aryl methyl sites for hydroxylation is 1. The summed E-state index contributed by atoms with van der Waals surface area (Å²) in [6.07, 6.45) is 16.9. The Labute approximate surface area is 194 Å². The van der Waals surface area contributed by atoms with Crippen LogP contribution in [0.1, 0.15) is 97.4 Å². The van der Waals surface area contributed by atoms with Crippen LogP contribution in [0.15, 0.2) is 17.0 Å². The summed E-state index contributed by atoms with van der Waals surface area (Å²) in [5, 5.41) is 19.6. The molecule has 7 heteroatoms. The molecule has 0 aliphatic rings. The van der Waals surface area contributed by atoms with Crippen LogP contribution in [0.4, 0.5) is 0 Å². The van der Waals surface area contributed by atoms with E-state index in [4.69, 9.17) is 4.55 Å². The van der Waals surface area contributed by atoms with Crippen LogP contribution in [0.3, 0.4) is 0 Å². The van der Waals surface area contributed by atoms with Crippen LogP contribution in [0.2, 0.25) is 0 Å². The Bertz CT molecular complexity index is 653. The van der Waals surface area contributed by atoms with Gasteiger partial charge in [-0.25, -0.2) is 0 Å². The first-order valence-corrected chi connectivity index (χ1v) is 11.8. The van der Waals surface area contributed by atoms with Crippen molar-refractivity contribution in [2.75, 3.05) is 0 Å². The molecule has 1 aromatic rings. The van der Waals surface area contributed by atoms with Gasteiger partial charge >= 0.3 is 29.6 Å². The van der Waals surface area contributed by atoms with Crippen LogP contribution < -0.4 is 29.6 Å². The fourth-order valence-corrected chi connectivity index (χ4v) is 3.92. The number of hydrogen-bond acceptors (Lipinski definition) is 4. The fraction of sp³-hybridized carbons (Fsp3) is 0.714. The summed E-state index contributed by atoms with van der Waals surface area (Å²) < 4.78 is 31.2. The van der Waals surface area contributed by atoms with Crippen molar-refractivity contribution in [3.05, 3.63) is 17.7 Å². The van der Waals surface area contributed by atoms with Crippen molar-refractivity contribution < 1.29 is 54.2 Å². The number of phenolic OH excluding ortho intramolecular Hbond substituents is 2. The number of benzene rings is 1. The maximum atomic E-state index is 11.1. The summed E-state index contributed by atoms with van der Waals surface area (Å²) in [5.74, 6) is -0.737. The zero-order chi connectivity index (χ0) is 20.1. The molecule has 0 saturated carbocycles. The van der Waals surface area contributed by atoms with Crippen LogP contribution >= 0.6 is 0 Å². The second-order valence-corrected chi connectivity index (χ2v) is 8.81. The molecule has 0 bridgehead atoms. The summed E-state index contributed by atoms with van der Waals surface area (Å²) in [7, 11) is -4.53. The van der Waals surface area contributed by atoms with Crippen molar-refractivity contribution in [2.45, 2.75) is 102 Å². The third-order valence-corrected chi connectivity index (χ3v) is 5.87. The Morgan fingerprint density at radius 3 is 1.61 bits per heavy atom. The van der Waals surface area contributed by atoms with Crippen molar-refractivity contribution in [1.82, 2.24) is 0 Å². The van der Waals surface area contributed by atoms with Crippen molar-refractivity contribution in [3.63, 3.8) is 0 Å². The molecule has 0 fully saturated rings. The summed E-state index contributed by atoms with van der Waals surface area (Å²) in [6.45, 7) is 2.24. The molecule has 0 aromatic heterocycles. The van der Waals surface area contributed by atoms with Gasteiger partial charge in [0.15, 0.2) is 0 Å². The molecule has 0 amide bonds. The van der Waals surface area contributed by atoms with Crippen LogP contribution in [-0.2, 0) is 16.5 Å². The first-order chi connectivity index (χ1) is 12.9. The van der Waals surface area contributed by atoms with Gasteiger partial charge in [-0.05, 0) is 24.5 Å². The van der Waals surface area contributed by atoms with Gasteiger partial charge in [0, 0.05) is 6.07 Å². The number of unbranched alkanes of at least 4 members (excludes halogenated alkanes) is 12. The van der Waals surface area contributed by atoms with E-state index in [2.05, 4.69) is 6.92 Å². The monoisotopic (exact) mass is 424 g/mol. The van der Waals surface area contributed by atoms with Gasteiger partial charge < -0.3 is 11.6 Å². The Morgan fingerprint density at radius 1 is 0.750 bits per heavy atom. The maximum absolute atomic E-state index is 11.1. The standard InChI is InChI=1S/C21H36O5S.Na.H/c1-2-3-4-5-6-7-8-9-10-11-12-13-14-15-18-16-20(23)21(17-19(18)22)27(24,25)26;;/h16-17,22-23H,2-15H2,1H3,(H,24,25,26);;/q;+1;-1. The van der Waals surface area contributed by atoms with Crippen molar-refractivity contribution in [3.8, 4) is 11.5 Å². The Kier molecular flexibility index (Phi) is 15.4. The average Bonchev–Trinajstić information content (AvgIpc) is 2.60. The SMILES string of the molecule is CCCCCCCCCCCCCCCc1cc(O)c(S(=O)(=O)O)cc1O.[H-].[Na+]. The van der Waals surface area contributed by atoms with Gasteiger partial charge in [-0.1, -0.05) is 84.0 Å². The molecule has 0 atom stereocenters. The van der Waals surface area contributed by atoms with Gasteiger partial charge in [0.1, 0.15) is 16.4 Å². The number of hydrogen-bond donors (Lipinski definition) is 3. The normalized spacial score (nSPS) is 11.4. The minimum absolute atomic E-state index is 0. The molecule has 0 unspecified atom stereocenters. The first-order valence-electron chi connectivity index (χ1n) is 10.4. The molecule has 0 saturated heterocycles.